The van der Waals surface area contributed by atoms with Crippen LogP contribution in [0, 0.1) is 5.82 Å². The van der Waals surface area contributed by atoms with Crippen molar-refractivity contribution in [2.24, 2.45) is 0 Å². The van der Waals surface area contributed by atoms with E-state index in [2.05, 4.69) is 0 Å². The lowest BCUT2D eigenvalue weighted by Crippen LogP contribution is -2.40. The summed E-state index contributed by atoms with van der Waals surface area (Å²) in [6.45, 7) is -0.120. The first-order valence-corrected chi connectivity index (χ1v) is 8.82. The van der Waals surface area contributed by atoms with Gasteiger partial charge in [0.2, 0.25) is 0 Å². The molecule has 2 aromatic rings. The maximum atomic E-state index is 14.2. The van der Waals surface area contributed by atoms with Crippen LogP contribution in [0.1, 0.15) is 5.56 Å². The van der Waals surface area contributed by atoms with Gasteiger partial charge in [0.05, 0.1) is 19.3 Å². The molecule has 8 heteroatoms. The number of hydrogen-bond donors (Lipinski definition) is 0. The third-order valence-electron chi connectivity index (χ3n) is 3.42. The van der Waals surface area contributed by atoms with Crippen LogP contribution in [0.2, 0.25) is 5.02 Å². The van der Waals surface area contributed by atoms with E-state index < -0.39 is 16.0 Å². The predicted octanol–water partition coefficient (Wildman–Crippen LogP) is 3.30. The second kappa shape index (κ2) is 7.38. The second-order valence-corrected chi connectivity index (χ2v) is 7.71. The molecule has 0 radical (unpaired) electrons. The van der Waals surface area contributed by atoms with Crippen molar-refractivity contribution in [3.8, 4) is 5.75 Å². The Kier molecular flexibility index (Phi) is 5.69. The van der Waals surface area contributed by atoms with E-state index in [4.69, 9.17) is 16.3 Å². The molecule has 0 aliphatic carbocycles. The highest BCUT2D eigenvalue weighted by Crippen LogP contribution is 2.29. The Balaban J connectivity index is 2.57. The Morgan fingerprint density at radius 1 is 1.17 bits per heavy atom. The first kappa shape index (κ1) is 18.5. The van der Waals surface area contributed by atoms with Gasteiger partial charge in [0.25, 0.3) is 0 Å². The number of benzene rings is 2. The molecule has 0 spiro atoms. The van der Waals surface area contributed by atoms with E-state index in [-0.39, 0.29) is 12.2 Å². The predicted molar refractivity (Wildman–Crippen MR) is 93.2 cm³/mol. The summed E-state index contributed by atoms with van der Waals surface area (Å²) in [5, 5.41) is 0.432. The minimum atomic E-state index is -3.92. The molecule has 0 saturated heterocycles. The van der Waals surface area contributed by atoms with Crippen molar-refractivity contribution in [3.63, 3.8) is 0 Å². The van der Waals surface area contributed by atoms with Crippen LogP contribution >= 0.6 is 11.6 Å². The van der Waals surface area contributed by atoms with Gasteiger partial charge >= 0.3 is 10.2 Å². The van der Waals surface area contributed by atoms with E-state index >= 15 is 0 Å². The number of nitrogens with zero attached hydrogens (tertiary/aromatic N) is 2. The Morgan fingerprint density at radius 2 is 1.83 bits per heavy atom. The molecular formula is C16H18ClFN2O3S. The molecule has 0 amide bonds. The zero-order chi connectivity index (χ0) is 17.9. The van der Waals surface area contributed by atoms with Gasteiger partial charge in [-0.1, -0.05) is 23.7 Å². The molecule has 0 fully saturated rings. The zero-order valence-electron chi connectivity index (χ0n) is 13.5. The molecule has 0 heterocycles. The van der Waals surface area contributed by atoms with Gasteiger partial charge in [-0.15, -0.1) is 0 Å². The summed E-state index contributed by atoms with van der Waals surface area (Å²) in [7, 11) is 0.325. The van der Waals surface area contributed by atoms with Crippen molar-refractivity contribution in [1.29, 1.82) is 0 Å². The molecule has 0 bridgehead atoms. The van der Waals surface area contributed by atoms with Crippen LogP contribution in [0.4, 0.5) is 10.1 Å². The third kappa shape index (κ3) is 3.80. The Morgan fingerprint density at radius 3 is 2.42 bits per heavy atom. The maximum absolute atomic E-state index is 14.2. The quantitative estimate of drug-likeness (QED) is 0.781. The van der Waals surface area contributed by atoms with E-state index in [0.29, 0.717) is 16.3 Å². The Labute approximate surface area is 146 Å². The van der Waals surface area contributed by atoms with E-state index in [0.717, 1.165) is 8.61 Å². The van der Waals surface area contributed by atoms with Crippen LogP contribution in [0.5, 0.6) is 5.75 Å². The highest BCUT2D eigenvalue weighted by molar-refractivity contribution is 7.90. The molecule has 5 nitrogen and oxygen atoms in total. The molecule has 2 rings (SSSR count). The summed E-state index contributed by atoms with van der Waals surface area (Å²) in [5.74, 6) is -0.168. The number of hydrogen-bond acceptors (Lipinski definition) is 3. The molecule has 0 N–H and O–H groups in total. The van der Waals surface area contributed by atoms with Crippen molar-refractivity contribution < 1.29 is 17.5 Å². The summed E-state index contributed by atoms with van der Waals surface area (Å²) >= 11 is 6.00. The lowest BCUT2D eigenvalue weighted by molar-refractivity contribution is 0.409. The van der Waals surface area contributed by atoms with Crippen LogP contribution in [0.15, 0.2) is 42.5 Å². The lowest BCUT2D eigenvalue weighted by atomic mass is 10.2. The fraction of sp³-hybridized carbons (Fsp3) is 0.250. The summed E-state index contributed by atoms with van der Waals surface area (Å²) in [6.07, 6.45) is 0. The van der Waals surface area contributed by atoms with Gasteiger partial charge in [0.1, 0.15) is 11.6 Å². The van der Waals surface area contributed by atoms with E-state index in [1.165, 1.54) is 39.4 Å². The second-order valence-electron chi connectivity index (χ2n) is 5.20. The normalized spacial score (nSPS) is 11.6. The average molecular weight is 373 g/mol. The largest absolute Gasteiger partial charge is 0.496 e. The topological polar surface area (TPSA) is 49.9 Å². The molecule has 0 aromatic heterocycles. The fourth-order valence-corrected chi connectivity index (χ4v) is 3.46. The van der Waals surface area contributed by atoms with E-state index in [9.17, 15) is 12.8 Å². The van der Waals surface area contributed by atoms with Crippen LogP contribution in [-0.4, -0.2) is 33.9 Å². The standard InChI is InChI=1S/C16H18ClFN2O3S/c1-19(2)24(21,22)20(15-7-5-4-6-14(15)18)11-12-10-13(17)8-9-16(12)23-3/h4-10H,11H2,1-3H3. The highest BCUT2D eigenvalue weighted by Gasteiger charge is 2.28. The molecule has 2 aromatic carbocycles. The molecular weight excluding hydrogens is 355 g/mol. The van der Waals surface area contributed by atoms with Crippen molar-refractivity contribution >= 4 is 27.5 Å². The first-order valence-electron chi connectivity index (χ1n) is 7.04. The van der Waals surface area contributed by atoms with Gasteiger partial charge in [0.15, 0.2) is 0 Å². The fourth-order valence-electron chi connectivity index (χ4n) is 2.17. The third-order valence-corrected chi connectivity index (χ3v) is 5.46. The van der Waals surface area contributed by atoms with Gasteiger partial charge in [-0.25, -0.2) is 4.39 Å². The van der Waals surface area contributed by atoms with Crippen LogP contribution in [0.3, 0.4) is 0 Å². The van der Waals surface area contributed by atoms with E-state index in [1.54, 1.807) is 24.3 Å². The number of anilines is 1. The highest BCUT2D eigenvalue weighted by atomic mass is 35.5. The molecule has 0 aliphatic heterocycles. The van der Waals surface area contributed by atoms with Gasteiger partial charge < -0.3 is 4.74 Å². The Bertz CT molecular complexity index is 828. The average Bonchev–Trinajstić information content (AvgIpc) is 2.53. The number of ether oxygens (including phenoxy) is 1. The maximum Gasteiger partial charge on any atom is 0.303 e. The monoisotopic (exact) mass is 372 g/mol. The van der Waals surface area contributed by atoms with Crippen LogP contribution in [0.25, 0.3) is 0 Å². The van der Waals surface area contributed by atoms with Gasteiger partial charge in [-0.05, 0) is 30.3 Å². The first-order chi connectivity index (χ1) is 11.3. The lowest BCUT2D eigenvalue weighted by Gasteiger charge is -2.28. The SMILES string of the molecule is COc1ccc(Cl)cc1CN(c1ccccc1F)S(=O)(=O)N(C)C. The number of para-hydroxylation sites is 1. The number of rotatable bonds is 6. The van der Waals surface area contributed by atoms with E-state index in [1.807, 2.05) is 0 Å². The molecule has 0 atom stereocenters. The number of methoxy groups -OCH3 is 1. The van der Waals surface area contributed by atoms with Gasteiger partial charge in [-0.2, -0.15) is 12.7 Å². The number of halogens is 2. The van der Waals surface area contributed by atoms with Crippen LogP contribution in [-0.2, 0) is 16.8 Å². The molecule has 24 heavy (non-hydrogen) atoms. The molecule has 0 aliphatic rings. The summed E-state index contributed by atoms with van der Waals surface area (Å²) in [5.41, 5.74) is 0.479. The smallest absolute Gasteiger partial charge is 0.303 e. The summed E-state index contributed by atoms with van der Waals surface area (Å²) in [4.78, 5) is 0. The van der Waals surface area contributed by atoms with Crippen LogP contribution < -0.4 is 9.04 Å². The minimum Gasteiger partial charge on any atom is -0.496 e. The molecule has 130 valence electrons. The van der Waals surface area contributed by atoms with Crippen molar-refractivity contribution in [2.75, 3.05) is 25.5 Å². The molecule has 0 unspecified atom stereocenters. The molecule has 0 saturated carbocycles. The van der Waals surface area contributed by atoms with Gasteiger partial charge in [-0.3, -0.25) is 4.31 Å². The van der Waals surface area contributed by atoms with Crippen molar-refractivity contribution in [2.45, 2.75) is 6.54 Å². The minimum absolute atomic E-state index is 0.0479. The summed E-state index contributed by atoms with van der Waals surface area (Å²) < 4.78 is 46.8. The van der Waals surface area contributed by atoms with Crippen molar-refractivity contribution in [1.82, 2.24) is 4.31 Å². The Hall–Kier alpha value is -1.83. The summed E-state index contributed by atoms with van der Waals surface area (Å²) in [6, 6.07) is 10.6. The zero-order valence-corrected chi connectivity index (χ0v) is 15.1. The van der Waals surface area contributed by atoms with Crippen molar-refractivity contribution in [3.05, 3.63) is 58.9 Å². The van der Waals surface area contributed by atoms with Gasteiger partial charge in [0, 0.05) is 24.7 Å².